The molecule has 0 amide bonds. The van der Waals surface area contributed by atoms with E-state index in [1.54, 1.807) is 0 Å². The summed E-state index contributed by atoms with van der Waals surface area (Å²) in [7, 11) is 0. The molecule has 5 nitrogen and oxygen atoms in total. The van der Waals surface area contributed by atoms with Gasteiger partial charge in [0.15, 0.2) is 0 Å². The number of phenols is 1. The Morgan fingerprint density at radius 1 is 0.500 bits per heavy atom. The average molecular weight is 1010 g/mol. The summed E-state index contributed by atoms with van der Waals surface area (Å²) in [5.74, 6) is 0.779. The van der Waals surface area contributed by atoms with Gasteiger partial charge in [0.05, 0.1) is 33.3 Å². The Kier molecular flexibility index (Phi) is 10.4. The predicted octanol–water partition coefficient (Wildman–Crippen LogP) is 14.7. The first-order valence-electron chi connectivity index (χ1n) is 21.4. The first-order chi connectivity index (χ1) is 30.8. The van der Waals surface area contributed by atoms with Crippen molar-refractivity contribution in [2.45, 2.75) is 26.2 Å². The Morgan fingerprint density at radius 3 is 1.91 bits per heavy atom. The van der Waals surface area contributed by atoms with Crippen molar-refractivity contribution in [1.82, 2.24) is 19.1 Å². The number of nitrogens with zero attached hydrogens (tertiary/aromatic N) is 4. The SMILES string of the molecule is CC(C)(C)c1ccc(-n2c(-c3cc4c5ccccc5n(-c5ccccc5)c4cc3O)nc3c(-c4[c-]c(-c5ccccn5)cc(-c5ccccc5)c4)cccc32)c(-c2ccccc2)c1.[Pt]. The molecule has 0 unspecified atom stereocenters. The zero-order valence-electron chi connectivity index (χ0n) is 35.6. The van der Waals surface area contributed by atoms with Crippen molar-refractivity contribution in [3.05, 3.63) is 212 Å². The smallest absolute Gasteiger partial charge is 0.148 e. The Balaban J connectivity index is 0.00000484. The van der Waals surface area contributed by atoms with Crippen molar-refractivity contribution in [2.24, 2.45) is 0 Å². The zero-order chi connectivity index (χ0) is 42.7. The molecule has 0 aliphatic rings. The second-order valence-electron chi connectivity index (χ2n) is 17.1. The van der Waals surface area contributed by atoms with Gasteiger partial charge in [0.25, 0.3) is 0 Å². The summed E-state index contributed by atoms with van der Waals surface area (Å²) in [6.07, 6.45) is 1.82. The Morgan fingerprint density at radius 2 is 1.17 bits per heavy atom. The fourth-order valence-electron chi connectivity index (χ4n) is 9.00. The molecule has 64 heavy (non-hydrogen) atoms. The average Bonchev–Trinajstić information content (AvgIpc) is 3.87. The van der Waals surface area contributed by atoms with E-state index in [0.29, 0.717) is 11.4 Å². The van der Waals surface area contributed by atoms with Crippen LogP contribution in [0.3, 0.4) is 0 Å². The molecule has 11 aromatic rings. The van der Waals surface area contributed by atoms with Gasteiger partial charge in [-0.1, -0.05) is 165 Å². The normalized spacial score (nSPS) is 11.6. The number of benzene rings is 8. The Bertz CT molecular complexity index is 3420. The molecule has 11 rings (SSSR count). The zero-order valence-corrected chi connectivity index (χ0v) is 37.9. The molecule has 312 valence electrons. The number of pyridine rings is 1. The van der Waals surface area contributed by atoms with E-state index >= 15 is 0 Å². The standard InChI is InChI=1S/C58H43N4O.Pt/c1-58(2,3)43-29-30-52(47(35-43)39-20-9-5-10-21-39)62-53-28-17-25-45(41-32-40(38-18-7-4-8-19-38)33-42(34-41)50-26-15-16-31-59-50)56(53)60-57(62)49-36-48-46-24-13-14-27-51(46)61(54(48)37-55(49)63)44-22-11-6-12-23-44;/h4-33,35-37,63H,1-3H3;/q-1;. The molecule has 0 spiro atoms. The van der Waals surface area contributed by atoms with Crippen molar-refractivity contribution in [1.29, 1.82) is 0 Å². The number of phenolic OH excluding ortho intramolecular Hbond substituents is 1. The van der Waals surface area contributed by atoms with Gasteiger partial charge in [-0.3, -0.25) is 9.55 Å². The fourth-order valence-corrected chi connectivity index (χ4v) is 9.00. The van der Waals surface area contributed by atoms with E-state index in [9.17, 15) is 5.11 Å². The molecule has 0 saturated heterocycles. The third kappa shape index (κ3) is 7.12. The summed E-state index contributed by atoms with van der Waals surface area (Å²) < 4.78 is 4.47. The molecule has 0 aliphatic heterocycles. The number of para-hydroxylation sites is 3. The van der Waals surface area contributed by atoms with E-state index in [2.05, 4.69) is 182 Å². The predicted molar refractivity (Wildman–Crippen MR) is 260 cm³/mol. The van der Waals surface area contributed by atoms with Crippen molar-refractivity contribution >= 4 is 32.8 Å². The van der Waals surface area contributed by atoms with E-state index < -0.39 is 0 Å². The van der Waals surface area contributed by atoms with E-state index in [1.165, 1.54) is 5.56 Å². The minimum Gasteiger partial charge on any atom is -0.507 e. The van der Waals surface area contributed by atoms with Crippen LogP contribution in [0.5, 0.6) is 5.75 Å². The van der Waals surface area contributed by atoms with Crippen LogP contribution in [0.4, 0.5) is 0 Å². The summed E-state index contributed by atoms with van der Waals surface area (Å²) in [5, 5.41) is 14.5. The number of aromatic nitrogens is 4. The van der Waals surface area contributed by atoms with Gasteiger partial charge in [-0.15, -0.1) is 23.8 Å². The fraction of sp³-hybridized carbons (Fsp3) is 0.0690. The van der Waals surface area contributed by atoms with Crippen molar-refractivity contribution in [3.63, 3.8) is 0 Å². The van der Waals surface area contributed by atoms with E-state index in [-0.39, 0.29) is 32.2 Å². The van der Waals surface area contributed by atoms with Gasteiger partial charge >= 0.3 is 0 Å². The topological polar surface area (TPSA) is 55.9 Å². The summed E-state index contributed by atoms with van der Waals surface area (Å²) in [4.78, 5) is 10.4. The van der Waals surface area contributed by atoms with E-state index in [1.807, 2.05) is 54.7 Å². The summed E-state index contributed by atoms with van der Waals surface area (Å²) >= 11 is 0. The van der Waals surface area contributed by atoms with Crippen LogP contribution in [-0.4, -0.2) is 24.2 Å². The van der Waals surface area contributed by atoms with Crippen LogP contribution in [0.2, 0.25) is 0 Å². The Labute approximate surface area is 387 Å². The minimum atomic E-state index is -0.0870. The third-order valence-electron chi connectivity index (χ3n) is 12.1. The first kappa shape index (κ1) is 40.7. The van der Waals surface area contributed by atoms with Crippen LogP contribution < -0.4 is 0 Å². The number of hydrogen-bond donors (Lipinski definition) is 1. The van der Waals surface area contributed by atoms with Crippen LogP contribution in [0.15, 0.2) is 200 Å². The van der Waals surface area contributed by atoms with E-state index in [0.717, 1.165) is 88.9 Å². The van der Waals surface area contributed by atoms with Gasteiger partial charge in [-0.2, -0.15) is 0 Å². The molecule has 3 heterocycles. The number of hydrogen-bond acceptors (Lipinski definition) is 3. The van der Waals surface area contributed by atoms with Crippen LogP contribution in [0.25, 0.3) is 100 Å². The minimum absolute atomic E-state index is 0. The molecule has 0 atom stereocenters. The maximum atomic E-state index is 12.4. The van der Waals surface area contributed by atoms with Crippen LogP contribution in [0, 0.1) is 6.07 Å². The van der Waals surface area contributed by atoms with Crippen molar-refractivity contribution in [3.8, 4) is 73.2 Å². The number of imidazole rings is 1. The maximum absolute atomic E-state index is 12.4. The van der Waals surface area contributed by atoms with Crippen molar-refractivity contribution < 1.29 is 26.2 Å². The maximum Gasteiger partial charge on any atom is 0.148 e. The van der Waals surface area contributed by atoms with Gasteiger partial charge in [-0.05, 0) is 70.6 Å². The molecule has 3 aromatic heterocycles. The van der Waals surface area contributed by atoms with Gasteiger partial charge in [0.2, 0.25) is 0 Å². The molecule has 0 aliphatic carbocycles. The first-order valence-corrected chi connectivity index (χ1v) is 21.4. The Hall–Kier alpha value is -7.33. The molecular weight excluding hydrogens is 964 g/mol. The second-order valence-corrected chi connectivity index (χ2v) is 17.1. The van der Waals surface area contributed by atoms with Gasteiger partial charge in [0, 0.05) is 61.0 Å². The number of aromatic hydroxyl groups is 1. The monoisotopic (exact) mass is 1010 g/mol. The number of fused-ring (bicyclic) bond motifs is 4. The molecule has 0 fully saturated rings. The van der Waals surface area contributed by atoms with Gasteiger partial charge in [0.1, 0.15) is 11.6 Å². The molecule has 0 saturated carbocycles. The molecule has 0 radical (unpaired) electrons. The summed E-state index contributed by atoms with van der Waals surface area (Å²) in [5.41, 5.74) is 15.3. The molecule has 8 aromatic carbocycles. The molecule has 1 N–H and O–H groups in total. The third-order valence-corrected chi connectivity index (χ3v) is 12.1. The molecule has 0 bridgehead atoms. The summed E-state index contributed by atoms with van der Waals surface area (Å²) in [6, 6.07) is 71.0. The quantitative estimate of drug-likeness (QED) is 0.162. The second kappa shape index (κ2) is 16.4. The van der Waals surface area contributed by atoms with Gasteiger partial charge < -0.3 is 9.67 Å². The largest absolute Gasteiger partial charge is 0.507 e. The van der Waals surface area contributed by atoms with Crippen LogP contribution in [-0.2, 0) is 26.5 Å². The molecule has 6 heteroatoms. The van der Waals surface area contributed by atoms with E-state index in [4.69, 9.17) is 9.97 Å². The van der Waals surface area contributed by atoms with Gasteiger partial charge in [-0.25, -0.2) is 4.98 Å². The summed E-state index contributed by atoms with van der Waals surface area (Å²) in [6.45, 7) is 6.75. The van der Waals surface area contributed by atoms with Crippen molar-refractivity contribution in [2.75, 3.05) is 0 Å². The van der Waals surface area contributed by atoms with Crippen LogP contribution in [0.1, 0.15) is 26.3 Å². The van der Waals surface area contributed by atoms with Crippen LogP contribution >= 0.6 is 0 Å². The molecular formula is C58H43N4OPt-. The number of rotatable bonds is 7.